The molecule has 2 N–H and O–H groups in total. The molecule has 0 fully saturated rings. The van der Waals surface area contributed by atoms with Crippen LogP contribution in [0.3, 0.4) is 0 Å². The Morgan fingerprint density at radius 1 is 1.00 bits per heavy atom. The van der Waals surface area contributed by atoms with Crippen molar-refractivity contribution in [1.29, 1.82) is 0 Å². The van der Waals surface area contributed by atoms with Gasteiger partial charge in [0.15, 0.2) is 0 Å². The van der Waals surface area contributed by atoms with Crippen LogP contribution in [0.25, 0.3) is 0 Å². The number of halogens is 1. The number of benzene rings is 2. The lowest BCUT2D eigenvalue weighted by molar-refractivity contribution is 0.216. The molecule has 0 spiro atoms. The summed E-state index contributed by atoms with van der Waals surface area (Å²) < 4.78 is 23.7. The fourth-order valence-electron chi connectivity index (χ4n) is 1.68. The first-order chi connectivity index (χ1) is 9.15. The van der Waals surface area contributed by atoms with Gasteiger partial charge >= 0.3 is 0 Å². The van der Waals surface area contributed by atoms with E-state index in [2.05, 4.69) is 0 Å². The molecule has 0 aromatic heterocycles. The molecule has 0 unspecified atom stereocenters. The molecule has 0 radical (unpaired) electrons. The number of nitrogens with two attached hydrogens (primary N) is 1. The van der Waals surface area contributed by atoms with Crippen molar-refractivity contribution in [3.63, 3.8) is 0 Å². The molecule has 0 heterocycles. The van der Waals surface area contributed by atoms with Gasteiger partial charge in [0.2, 0.25) is 0 Å². The second kappa shape index (κ2) is 6.09. The van der Waals surface area contributed by atoms with Crippen molar-refractivity contribution in [3.8, 4) is 11.5 Å². The minimum absolute atomic E-state index is 0.277. The summed E-state index contributed by atoms with van der Waals surface area (Å²) in [6.07, 6.45) is 0. The summed E-state index contributed by atoms with van der Waals surface area (Å²) >= 11 is 0. The lowest BCUT2D eigenvalue weighted by atomic mass is 10.2. The van der Waals surface area contributed by atoms with E-state index in [0.29, 0.717) is 24.7 Å². The van der Waals surface area contributed by atoms with E-state index in [0.717, 1.165) is 11.3 Å². The van der Waals surface area contributed by atoms with Crippen LogP contribution >= 0.6 is 0 Å². The molecule has 0 aliphatic heterocycles. The third-order valence-electron chi connectivity index (χ3n) is 2.62. The minimum atomic E-state index is -0.277. The highest BCUT2D eigenvalue weighted by Crippen LogP contribution is 2.20. The van der Waals surface area contributed by atoms with Gasteiger partial charge in [-0.3, -0.25) is 0 Å². The fraction of sp³-hybridized carbons (Fsp3) is 0.200. The number of hydrogen-bond acceptors (Lipinski definition) is 3. The van der Waals surface area contributed by atoms with E-state index in [9.17, 15) is 4.39 Å². The van der Waals surface area contributed by atoms with Crippen molar-refractivity contribution in [1.82, 2.24) is 0 Å². The van der Waals surface area contributed by atoms with Gasteiger partial charge < -0.3 is 15.2 Å². The van der Waals surface area contributed by atoms with Crippen LogP contribution in [0.4, 0.5) is 10.1 Å². The zero-order valence-electron chi connectivity index (χ0n) is 10.7. The molecule has 0 atom stereocenters. The van der Waals surface area contributed by atoms with Crippen LogP contribution in [0.2, 0.25) is 0 Å². The van der Waals surface area contributed by atoms with Crippen LogP contribution in [0.5, 0.6) is 11.5 Å². The molecule has 0 aliphatic carbocycles. The second-order valence-electron chi connectivity index (χ2n) is 4.18. The van der Waals surface area contributed by atoms with Gasteiger partial charge in [-0.05, 0) is 55.0 Å². The lowest BCUT2D eigenvalue weighted by Gasteiger charge is -2.10. The monoisotopic (exact) mass is 261 g/mol. The molecule has 100 valence electrons. The van der Waals surface area contributed by atoms with Crippen LogP contribution in [0.1, 0.15) is 5.56 Å². The van der Waals surface area contributed by atoms with E-state index < -0.39 is 0 Å². The molecule has 19 heavy (non-hydrogen) atoms. The van der Waals surface area contributed by atoms with E-state index in [-0.39, 0.29) is 5.82 Å². The first-order valence-corrected chi connectivity index (χ1v) is 6.02. The molecule has 3 nitrogen and oxygen atoms in total. The first kappa shape index (κ1) is 13.2. The fourth-order valence-corrected chi connectivity index (χ4v) is 1.68. The summed E-state index contributed by atoms with van der Waals surface area (Å²) in [5, 5.41) is 0. The van der Waals surface area contributed by atoms with Crippen molar-refractivity contribution in [2.45, 2.75) is 6.92 Å². The smallest absolute Gasteiger partial charge is 0.123 e. The minimum Gasteiger partial charge on any atom is -0.490 e. The van der Waals surface area contributed by atoms with Crippen LogP contribution in [0, 0.1) is 12.7 Å². The van der Waals surface area contributed by atoms with Crippen molar-refractivity contribution >= 4 is 5.69 Å². The molecular weight excluding hydrogens is 245 g/mol. The Labute approximate surface area is 111 Å². The quantitative estimate of drug-likeness (QED) is 0.664. The predicted octanol–water partition coefficient (Wildman–Crippen LogP) is 3.17. The van der Waals surface area contributed by atoms with Crippen molar-refractivity contribution in [2.24, 2.45) is 0 Å². The zero-order chi connectivity index (χ0) is 13.7. The van der Waals surface area contributed by atoms with Gasteiger partial charge in [-0.2, -0.15) is 0 Å². The summed E-state index contributed by atoms with van der Waals surface area (Å²) in [5.74, 6) is 1.14. The summed E-state index contributed by atoms with van der Waals surface area (Å²) in [7, 11) is 0. The van der Waals surface area contributed by atoms with Gasteiger partial charge in [0.1, 0.15) is 30.5 Å². The third kappa shape index (κ3) is 3.88. The van der Waals surface area contributed by atoms with E-state index in [1.165, 1.54) is 12.1 Å². The molecule has 0 amide bonds. The Morgan fingerprint density at radius 3 is 2.37 bits per heavy atom. The third-order valence-corrected chi connectivity index (χ3v) is 2.62. The number of hydrogen-bond donors (Lipinski definition) is 1. The van der Waals surface area contributed by atoms with Gasteiger partial charge in [-0.25, -0.2) is 4.39 Å². The predicted molar refractivity (Wildman–Crippen MR) is 73.0 cm³/mol. The van der Waals surface area contributed by atoms with Crippen molar-refractivity contribution < 1.29 is 13.9 Å². The Morgan fingerprint density at radius 2 is 1.68 bits per heavy atom. The zero-order valence-corrected chi connectivity index (χ0v) is 10.7. The highest BCUT2D eigenvalue weighted by atomic mass is 19.1. The van der Waals surface area contributed by atoms with E-state index in [4.69, 9.17) is 15.2 Å². The number of aryl methyl sites for hydroxylation is 1. The molecule has 2 aromatic carbocycles. The average Bonchev–Trinajstić information content (AvgIpc) is 2.39. The van der Waals surface area contributed by atoms with E-state index in [1.807, 2.05) is 19.1 Å². The second-order valence-corrected chi connectivity index (χ2v) is 4.18. The van der Waals surface area contributed by atoms with E-state index >= 15 is 0 Å². The Bertz CT molecular complexity index is 540. The first-order valence-electron chi connectivity index (χ1n) is 6.02. The van der Waals surface area contributed by atoms with Crippen LogP contribution < -0.4 is 15.2 Å². The number of anilines is 1. The van der Waals surface area contributed by atoms with Gasteiger partial charge in [-0.15, -0.1) is 0 Å². The van der Waals surface area contributed by atoms with Gasteiger partial charge in [0.05, 0.1) is 0 Å². The number of ether oxygens (including phenoxy) is 2. The van der Waals surface area contributed by atoms with Crippen LogP contribution in [0.15, 0.2) is 42.5 Å². The Hall–Kier alpha value is -2.23. The van der Waals surface area contributed by atoms with E-state index in [1.54, 1.807) is 18.2 Å². The maximum Gasteiger partial charge on any atom is 0.123 e. The standard InChI is InChI=1S/C15H16FNO2/c1-11-10-13(17)4-7-15(11)19-9-8-18-14-5-2-12(16)3-6-14/h2-7,10H,8-9,17H2,1H3. The highest BCUT2D eigenvalue weighted by molar-refractivity contribution is 5.47. The lowest BCUT2D eigenvalue weighted by Crippen LogP contribution is -2.09. The summed E-state index contributed by atoms with van der Waals surface area (Å²) in [4.78, 5) is 0. The molecule has 0 aliphatic rings. The summed E-state index contributed by atoms with van der Waals surface area (Å²) in [6.45, 7) is 2.75. The molecule has 2 aromatic rings. The van der Waals surface area contributed by atoms with Crippen molar-refractivity contribution in [3.05, 3.63) is 53.8 Å². The maximum atomic E-state index is 12.7. The van der Waals surface area contributed by atoms with Crippen LogP contribution in [-0.4, -0.2) is 13.2 Å². The normalized spacial score (nSPS) is 10.2. The molecular formula is C15H16FNO2. The topological polar surface area (TPSA) is 44.5 Å². The Balaban J connectivity index is 1.79. The SMILES string of the molecule is Cc1cc(N)ccc1OCCOc1ccc(F)cc1. The molecule has 0 saturated carbocycles. The van der Waals surface area contributed by atoms with Crippen LogP contribution in [-0.2, 0) is 0 Å². The molecule has 0 bridgehead atoms. The highest BCUT2D eigenvalue weighted by Gasteiger charge is 2.00. The average molecular weight is 261 g/mol. The summed E-state index contributed by atoms with van der Waals surface area (Å²) in [5.41, 5.74) is 7.36. The van der Waals surface area contributed by atoms with Gasteiger partial charge in [0, 0.05) is 5.69 Å². The molecule has 0 saturated heterocycles. The summed E-state index contributed by atoms with van der Waals surface area (Å²) in [6, 6.07) is 11.4. The Kier molecular flexibility index (Phi) is 4.23. The number of rotatable bonds is 5. The van der Waals surface area contributed by atoms with Gasteiger partial charge in [-0.1, -0.05) is 0 Å². The van der Waals surface area contributed by atoms with Crippen molar-refractivity contribution in [2.75, 3.05) is 18.9 Å². The molecule has 2 rings (SSSR count). The van der Waals surface area contributed by atoms with Gasteiger partial charge in [0.25, 0.3) is 0 Å². The largest absolute Gasteiger partial charge is 0.490 e. The number of nitrogen functional groups attached to an aromatic ring is 1. The maximum absolute atomic E-state index is 12.7. The molecule has 4 heteroatoms.